The number of fused-ring (bicyclic) bond motifs is 1. The molecule has 2 aromatic carbocycles. The Hall–Kier alpha value is -2.80. The van der Waals surface area contributed by atoms with E-state index in [0.29, 0.717) is 18.1 Å². The summed E-state index contributed by atoms with van der Waals surface area (Å²) in [7, 11) is 0. The number of nitriles is 1. The van der Waals surface area contributed by atoms with E-state index in [-0.39, 0.29) is 0 Å². The second-order valence-corrected chi connectivity index (χ2v) is 5.19. The largest absolute Gasteiger partial charge is 0.423 e. The molecule has 1 heterocycles. The maximum atomic E-state index is 8.87. The number of oxazole rings is 1. The summed E-state index contributed by atoms with van der Waals surface area (Å²) in [6.07, 6.45) is 1.01. The Morgan fingerprint density at radius 1 is 1.14 bits per heavy atom. The van der Waals surface area contributed by atoms with Crippen LogP contribution in [0.25, 0.3) is 11.1 Å². The lowest BCUT2D eigenvalue weighted by Gasteiger charge is -2.19. The molecule has 0 unspecified atom stereocenters. The Morgan fingerprint density at radius 2 is 1.91 bits per heavy atom. The van der Waals surface area contributed by atoms with Crippen molar-refractivity contribution in [1.82, 2.24) is 4.98 Å². The van der Waals surface area contributed by atoms with E-state index in [4.69, 9.17) is 9.68 Å². The Labute approximate surface area is 129 Å². The molecule has 0 saturated heterocycles. The topological polar surface area (TPSA) is 53.1 Å². The van der Waals surface area contributed by atoms with Gasteiger partial charge in [0.05, 0.1) is 11.6 Å². The SMILES string of the molecule is CCCN(Cc1ccc(C#N)cc1)c1nc2ccccc2o1. The molecule has 0 aliphatic carbocycles. The Bertz CT molecular complexity index is 766. The van der Waals surface area contributed by atoms with Crippen molar-refractivity contribution in [2.45, 2.75) is 19.9 Å². The lowest BCUT2D eigenvalue weighted by Crippen LogP contribution is -2.23. The van der Waals surface area contributed by atoms with Crippen molar-refractivity contribution in [3.63, 3.8) is 0 Å². The molecule has 0 aliphatic heterocycles. The highest BCUT2D eigenvalue weighted by molar-refractivity contribution is 5.74. The molecular weight excluding hydrogens is 274 g/mol. The van der Waals surface area contributed by atoms with E-state index in [2.05, 4.69) is 22.9 Å². The lowest BCUT2D eigenvalue weighted by molar-refractivity contribution is 0.561. The van der Waals surface area contributed by atoms with Gasteiger partial charge in [-0.25, -0.2) is 0 Å². The van der Waals surface area contributed by atoms with Crippen molar-refractivity contribution in [1.29, 1.82) is 5.26 Å². The van der Waals surface area contributed by atoms with Gasteiger partial charge < -0.3 is 9.32 Å². The number of anilines is 1. The van der Waals surface area contributed by atoms with Crippen molar-refractivity contribution >= 4 is 17.1 Å². The first-order valence-corrected chi connectivity index (χ1v) is 7.39. The van der Waals surface area contributed by atoms with E-state index in [0.717, 1.165) is 29.6 Å². The lowest BCUT2D eigenvalue weighted by atomic mass is 10.1. The van der Waals surface area contributed by atoms with Gasteiger partial charge in [-0.3, -0.25) is 0 Å². The first-order chi connectivity index (χ1) is 10.8. The molecule has 0 fully saturated rings. The van der Waals surface area contributed by atoms with Crippen LogP contribution in [0.3, 0.4) is 0 Å². The van der Waals surface area contributed by atoms with E-state index >= 15 is 0 Å². The molecule has 110 valence electrons. The summed E-state index contributed by atoms with van der Waals surface area (Å²) in [5, 5.41) is 8.87. The van der Waals surface area contributed by atoms with E-state index in [1.165, 1.54) is 0 Å². The Morgan fingerprint density at radius 3 is 2.59 bits per heavy atom. The third-order valence-electron chi connectivity index (χ3n) is 3.50. The second kappa shape index (κ2) is 6.31. The molecule has 0 aliphatic rings. The molecule has 3 rings (SSSR count). The second-order valence-electron chi connectivity index (χ2n) is 5.19. The molecule has 0 amide bonds. The smallest absolute Gasteiger partial charge is 0.298 e. The minimum atomic E-state index is 0.646. The first kappa shape index (κ1) is 14.2. The summed E-state index contributed by atoms with van der Waals surface area (Å²) in [6, 6.07) is 18.2. The third-order valence-corrected chi connectivity index (χ3v) is 3.50. The molecule has 1 aromatic heterocycles. The normalized spacial score (nSPS) is 10.5. The van der Waals surface area contributed by atoms with Crippen molar-refractivity contribution in [2.24, 2.45) is 0 Å². The van der Waals surface area contributed by atoms with Crippen molar-refractivity contribution < 1.29 is 4.42 Å². The standard InChI is InChI=1S/C18H17N3O/c1-2-11-21(13-15-9-7-14(12-19)8-10-15)18-20-16-5-3-4-6-17(16)22-18/h3-10H,2,11,13H2,1H3. The van der Waals surface area contributed by atoms with Crippen molar-refractivity contribution in [2.75, 3.05) is 11.4 Å². The molecule has 0 spiro atoms. The monoisotopic (exact) mass is 291 g/mol. The van der Waals surface area contributed by atoms with Gasteiger partial charge in [-0.2, -0.15) is 10.2 Å². The third kappa shape index (κ3) is 2.94. The van der Waals surface area contributed by atoms with Crippen molar-refractivity contribution in [3.05, 3.63) is 59.7 Å². The summed E-state index contributed by atoms with van der Waals surface area (Å²) >= 11 is 0. The van der Waals surface area contributed by atoms with E-state index in [9.17, 15) is 0 Å². The fourth-order valence-corrected chi connectivity index (χ4v) is 2.41. The highest BCUT2D eigenvalue weighted by Crippen LogP contribution is 2.23. The molecular formula is C18H17N3O. The maximum Gasteiger partial charge on any atom is 0.298 e. The van der Waals surface area contributed by atoms with Crippen LogP contribution in [0.4, 0.5) is 6.01 Å². The first-order valence-electron chi connectivity index (χ1n) is 7.39. The number of para-hydroxylation sites is 2. The molecule has 4 heteroatoms. The van der Waals surface area contributed by atoms with Gasteiger partial charge in [-0.1, -0.05) is 31.2 Å². The molecule has 0 atom stereocenters. The minimum Gasteiger partial charge on any atom is -0.423 e. The molecule has 22 heavy (non-hydrogen) atoms. The summed E-state index contributed by atoms with van der Waals surface area (Å²) < 4.78 is 5.86. The van der Waals surface area contributed by atoms with Crippen LogP contribution < -0.4 is 4.90 Å². The minimum absolute atomic E-state index is 0.646. The molecule has 4 nitrogen and oxygen atoms in total. The van der Waals surface area contributed by atoms with Crippen molar-refractivity contribution in [3.8, 4) is 6.07 Å². The number of hydrogen-bond donors (Lipinski definition) is 0. The van der Waals surface area contributed by atoms with Crippen LogP contribution in [-0.2, 0) is 6.54 Å². The Kier molecular flexibility index (Phi) is 4.06. The summed E-state index contributed by atoms with van der Waals surface area (Å²) in [5.41, 5.74) is 3.49. The zero-order valence-corrected chi connectivity index (χ0v) is 12.5. The predicted molar refractivity (Wildman–Crippen MR) is 86.5 cm³/mol. The molecule has 0 N–H and O–H groups in total. The average Bonchev–Trinajstić information content (AvgIpc) is 2.99. The highest BCUT2D eigenvalue weighted by atomic mass is 16.4. The van der Waals surface area contributed by atoms with Gasteiger partial charge in [0.1, 0.15) is 5.52 Å². The summed E-state index contributed by atoms with van der Waals surface area (Å²) in [4.78, 5) is 6.69. The zero-order valence-electron chi connectivity index (χ0n) is 12.5. The van der Waals surface area contributed by atoms with Crippen LogP contribution in [0.2, 0.25) is 0 Å². The molecule has 0 radical (unpaired) electrons. The Balaban J connectivity index is 1.86. The molecule has 0 bridgehead atoms. The van der Waals surface area contributed by atoms with Gasteiger partial charge in [-0.05, 0) is 36.2 Å². The summed E-state index contributed by atoms with van der Waals surface area (Å²) in [5.74, 6) is 0. The average molecular weight is 291 g/mol. The van der Waals surface area contributed by atoms with Gasteiger partial charge in [0.15, 0.2) is 5.58 Å². The number of nitrogens with zero attached hydrogens (tertiary/aromatic N) is 3. The zero-order chi connectivity index (χ0) is 15.4. The number of hydrogen-bond acceptors (Lipinski definition) is 4. The van der Waals surface area contributed by atoms with Gasteiger partial charge in [0.2, 0.25) is 0 Å². The van der Waals surface area contributed by atoms with Crippen LogP contribution in [0.5, 0.6) is 0 Å². The van der Waals surface area contributed by atoms with Gasteiger partial charge in [-0.15, -0.1) is 0 Å². The summed E-state index contributed by atoms with van der Waals surface area (Å²) in [6.45, 7) is 3.72. The number of aromatic nitrogens is 1. The maximum absolute atomic E-state index is 8.87. The quantitative estimate of drug-likeness (QED) is 0.709. The van der Waals surface area contributed by atoms with E-state index in [1.54, 1.807) is 0 Å². The van der Waals surface area contributed by atoms with Gasteiger partial charge in [0.25, 0.3) is 6.01 Å². The fraction of sp³-hybridized carbons (Fsp3) is 0.222. The van der Waals surface area contributed by atoms with Crippen LogP contribution >= 0.6 is 0 Å². The van der Waals surface area contributed by atoms with Gasteiger partial charge >= 0.3 is 0 Å². The number of rotatable bonds is 5. The molecule has 0 saturated carbocycles. The molecule has 3 aromatic rings. The van der Waals surface area contributed by atoms with E-state index < -0.39 is 0 Å². The highest BCUT2D eigenvalue weighted by Gasteiger charge is 2.13. The number of benzene rings is 2. The predicted octanol–water partition coefficient (Wildman–Crippen LogP) is 4.12. The van der Waals surface area contributed by atoms with Gasteiger partial charge in [0, 0.05) is 13.1 Å². The van der Waals surface area contributed by atoms with Crippen LogP contribution in [-0.4, -0.2) is 11.5 Å². The van der Waals surface area contributed by atoms with E-state index in [1.807, 2.05) is 48.5 Å². The van der Waals surface area contributed by atoms with Crippen LogP contribution in [0.1, 0.15) is 24.5 Å². The van der Waals surface area contributed by atoms with Crippen LogP contribution in [0.15, 0.2) is 52.9 Å². The fourth-order valence-electron chi connectivity index (χ4n) is 2.41. The van der Waals surface area contributed by atoms with Crippen LogP contribution in [0, 0.1) is 11.3 Å².